The molecule has 1 N–H and O–H groups in total. The van der Waals surface area contributed by atoms with E-state index in [0.29, 0.717) is 18.6 Å². The Bertz CT molecular complexity index is 992. The van der Waals surface area contributed by atoms with Crippen molar-refractivity contribution in [1.29, 1.82) is 0 Å². The molecule has 0 radical (unpaired) electrons. The summed E-state index contributed by atoms with van der Waals surface area (Å²) in [6.45, 7) is 3.93. The largest absolute Gasteiger partial charge is 0.489 e. The Morgan fingerprint density at radius 3 is 2.47 bits per heavy atom. The topological polar surface area (TPSA) is 41.6 Å². The van der Waals surface area contributed by atoms with Crippen molar-refractivity contribution in [1.82, 2.24) is 10.2 Å². The second kappa shape index (κ2) is 8.62. The third-order valence-corrected chi connectivity index (χ3v) is 7.32. The molecule has 1 atom stereocenters. The number of amides is 1. The summed E-state index contributed by atoms with van der Waals surface area (Å²) in [5.41, 5.74) is 2.26. The van der Waals surface area contributed by atoms with Gasteiger partial charge in [0.05, 0.1) is 4.88 Å². The van der Waals surface area contributed by atoms with E-state index in [4.69, 9.17) is 4.74 Å². The van der Waals surface area contributed by atoms with E-state index < -0.39 is 0 Å². The number of nitrogens with zero attached hydrogens (tertiary/aromatic N) is 1. The molecule has 0 saturated carbocycles. The molecule has 3 fully saturated rings. The van der Waals surface area contributed by atoms with Crippen molar-refractivity contribution in [3.63, 3.8) is 0 Å². The maximum Gasteiger partial charge on any atom is 0.261 e. The van der Waals surface area contributed by atoms with Crippen molar-refractivity contribution in [3.05, 3.63) is 77.2 Å². The molecule has 3 aromatic rings. The zero-order chi connectivity index (χ0) is 20.3. The summed E-state index contributed by atoms with van der Waals surface area (Å²) in [6.07, 6.45) is 2.42. The number of nitrogens with one attached hydrogen (secondary N) is 1. The number of carbonyl (C=O) groups excluding carboxylic acids is 1. The van der Waals surface area contributed by atoms with E-state index in [-0.39, 0.29) is 5.91 Å². The van der Waals surface area contributed by atoms with Crippen LogP contribution in [0.4, 0.5) is 0 Å². The van der Waals surface area contributed by atoms with Crippen molar-refractivity contribution in [2.24, 2.45) is 5.92 Å². The Hall–Kier alpha value is -2.63. The van der Waals surface area contributed by atoms with Gasteiger partial charge >= 0.3 is 0 Å². The zero-order valence-corrected chi connectivity index (χ0v) is 17.7. The van der Waals surface area contributed by atoms with Gasteiger partial charge in [-0.15, -0.1) is 11.3 Å². The Balaban J connectivity index is 1.20. The van der Waals surface area contributed by atoms with Crippen LogP contribution in [-0.2, 0) is 6.61 Å². The molecular weight excluding hydrogens is 392 g/mol. The van der Waals surface area contributed by atoms with Gasteiger partial charge in [0.2, 0.25) is 0 Å². The maximum atomic E-state index is 12.8. The minimum absolute atomic E-state index is 0.0628. The van der Waals surface area contributed by atoms with Crippen LogP contribution in [0.3, 0.4) is 0 Å². The lowest BCUT2D eigenvalue weighted by Gasteiger charge is -2.44. The molecule has 1 aromatic heterocycles. The summed E-state index contributed by atoms with van der Waals surface area (Å²) >= 11 is 1.55. The molecule has 3 aliphatic rings. The Kier molecular flexibility index (Phi) is 5.56. The van der Waals surface area contributed by atoms with Crippen LogP contribution in [0, 0.1) is 5.92 Å². The molecule has 1 amide bonds. The highest BCUT2D eigenvalue weighted by Crippen LogP contribution is 2.31. The van der Waals surface area contributed by atoms with E-state index in [1.165, 1.54) is 25.9 Å². The molecule has 5 heteroatoms. The Morgan fingerprint density at radius 2 is 1.77 bits per heavy atom. The van der Waals surface area contributed by atoms with Gasteiger partial charge < -0.3 is 15.0 Å². The predicted molar refractivity (Wildman–Crippen MR) is 121 cm³/mol. The number of thiophene rings is 1. The van der Waals surface area contributed by atoms with Crippen LogP contribution in [0.5, 0.6) is 5.75 Å². The van der Waals surface area contributed by atoms with E-state index in [1.54, 1.807) is 11.3 Å². The summed E-state index contributed by atoms with van der Waals surface area (Å²) in [5, 5.41) is 3.28. The molecule has 2 aromatic carbocycles. The van der Waals surface area contributed by atoms with E-state index in [9.17, 15) is 4.79 Å². The molecule has 0 unspecified atom stereocenters. The number of rotatable bonds is 6. The van der Waals surface area contributed by atoms with Gasteiger partial charge in [-0.2, -0.15) is 0 Å². The monoisotopic (exact) mass is 418 g/mol. The summed E-state index contributed by atoms with van der Waals surface area (Å²) in [5.74, 6) is 1.55. The van der Waals surface area contributed by atoms with E-state index in [1.807, 2.05) is 42.5 Å². The number of carbonyl (C=O) groups is 1. The number of benzene rings is 2. The number of piperidine rings is 3. The molecule has 0 spiro atoms. The van der Waals surface area contributed by atoms with Gasteiger partial charge in [0.1, 0.15) is 12.4 Å². The molecule has 4 heterocycles. The van der Waals surface area contributed by atoms with Crippen molar-refractivity contribution >= 4 is 17.2 Å². The number of ether oxygens (including phenoxy) is 1. The molecule has 154 valence electrons. The van der Waals surface area contributed by atoms with Gasteiger partial charge in [0.25, 0.3) is 5.91 Å². The van der Waals surface area contributed by atoms with Crippen molar-refractivity contribution in [2.75, 3.05) is 19.6 Å². The van der Waals surface area contributed by atoms with Crippen LogP contribution in [0.1, 0.15) is 28.1 Å². The second-order valence-electron chi connectivity index (χ2n) is 8.18. The van der Waals surface area contributed by atoms with E-state index >= 15 is 0 Å². The average Bonchev–Trinajstić information content (AvgIpc) is 3.30. The molecule has 30 heavy (non-hydrogen) atoms. The summed E-state index contributed by atoms with van der Waals surface area (Å²) in [6, 6.07) is 22.5. The minimum Gasteiger partial charge on any atom is -0.489 e. The number of hydrogen-bond acceptors (Lipinski definition) is 4. The summed E-state index contributed by atoms with van der Waals surface area (Å²) < 4.78 is 5.87. The summed E-state index contributed by atoms with van der Waals surface area (Å²) in [4.78, 5) is 17.1. The van der Waals surface area contributed by atoms with E-state index in [0.717, 1.165) is 33.2 Å². The highest BCUT2D eigenvalue weighted by atomic mass is 32.1. The van der Waals surface area contributed by atoms with Crippen molar-refractivity contribution in [2.45, 2.75) is 25.5 Å². The predicted octanol–water partition coefficient (Wildman–Crippen LogP) is 4.82. The highest BCUT2D eigenvalue weighted by molar-refractivity contribution is 7.17. The van der Waals surface area contributed by atoms with Gasteiger partial charge in [0.15, 0.2) is 0 Å². The fourth-order valence-electron chi connectivity index (χ4n) is 4.44. The molecule has 3 aliphatic heterocycles. The fraction of sp³-hybridized carbons (Fsp3) is 0.320. The number of hydrogen-bond donors (Lipinski definition) is 1. The molecule has 2 bridgehead atoms. The van der Waals surface area contributed by atoms with Gasteiger partial charge in [-0.25, -0.2) is 0 Å². The molecule has 0 aliphatic carbocycles. The third-order valence-electron chi connectivity index (χ3n) is 6.19. The van der Waals surface area contributed by atoms with Crippen LogP contribution < -0.4 is 10.1 Å². The lowest BCUT2D eigenvalue weighted by molar-refractivity contribution is 0.0622. The van der Waals surface area contributed by atoms with Crippen LogP contribution in [0.2, 0.25) is 0 Å². The second-order valence-corrected chi connectivity index (χ2v) is 9.26. The normalized spacial score (nSPS) is 22.6. The highest BCUT2D eigenvalue weighted by Gasteiger charge is 2.35. The Labute approximate surface area is 181 Å². The van der Waals surface area contributed by atoms with Crippen LogP contribution in [-0.4, -0.2) is 36.5 Å². The number of fused-ring (bicyclic) bond motifs is 3. The molecule has 6 rings (SSSR count). The maximum absolute atomic E-state index is 12.8. The first-order valence-corrected chi connectivity index (χ1v) is 11.5. The molecule has 4 nitrogen and oxygen atoms in total. The standard InChI is InChI=1S/C25H26N2O2S/c28-25(26-22-16-27-14-12-19(22)13-15-27)24-11-10-23(30-24)20-6-8-21(9-7-20)29-17-18-4-2-1-3-5-18/h1-11,19,22H,12-17H2,(H,26,28)/t22-/m0/s1. The van der Waals surface area contributed by atoms with Crippen LogP contribution >= 0.6 is 11.3 Å². The molecule has 3 saturated heterocycles. The van der Waals surface area contributed by atoms with E-state index in [2.05, 4.69) is 34.5 Å². The summed E-state index contributed by atoms with van der Waals surface area (Å²) in [7, 11) is 0. The lowest BCUT2D eigenvalue weighted by atomic mass is 9.84. The average molecular weight is 419 g/mol. The molecular formula is C25H26N2O2S. The lowest BCUT2D eigenvalue weighted by Crippen LogP contribution is -2.57. The van der Waals surface area contributed by atoms with Crippen LogP contribution in [0.25, 0.3) is 10.4 Å². The fourth-order valence-corrected chi connectivity index (χ4v) is 5.35. The van der Waals surface area contributed by atoms with Crippen LogP contribution in [0.15, 0.2) is 66.7 Å². The first-order chi connectivity index (χ1) is 14.7. The van der Waals surface area contributed by atoms with Crippen molar-refractivity contribution < 1.29 is 9.53 Å². The SMILES string of the molecule is O=C(N[C@H]1CN2CCC1CC2)c1ccc(-c2ccc(OCc3ccccc3)cc2)s1. The van der Waals surface area contributed by atoms with Crippen molar-refractivity contribution in [3.8, 4) is 16.2 Å². The minimum atomic E-state index is 0.0628. The smallest absolute Gasteiger partial charge is 0.261 e. The van der Waals surface area contributed by atoms with Gasteiger partial charge in [-0.05, 0) is 79.4 Å². The zero-order valence-electron chi connectivity index (χ0n) is 16.9. The quantitative estimate of drug-likeness (QED) is 0.624. The van der Waals surface area contributed by atoms with Gasteiger partial charge in [0, 0.05) is 17.5 Å². The first-order valence-electron chi connectivity index (χ1n) is 10.6. The van der Waals surface area contributed by atoms with Gasteiger partial charge in [-0.1, -0.05) is 30.3 Å². The first kappa shape index (κ1) is 19.3. The third kappa shape index (κ3) is 4.27. The Morgan fingerprint density at radius 1 is 1.00 bits per heavy atom. The van der Waals surface area contributed by atoms with Gasteiger partial charge in [-0.3, -0.25) is 4.79 Å².